The Morgan fingerprint density at radius 1 is 1.19 bits per heavy atom. The van der Waals surface area contributed by atoms with Crippen molar-refractivity contribution in [3.8, 4) is 6.07 Å². The van der Waals surface area contributed by atoms with Crippen molar-refractivity contribution in [1.29, 1.82) is 5.26 Å². The van der Waals surface area contributed by atoms with Gasteiger partial charge in [0, 0.05) is 10.2 Å². The van der Waals surface area contributed by atoms with E-state index >= 15 is 0 Å². The Labute approximate surface area is 128 Å². The summed E-state index contributed by atoms with van der Waals surface area (Å²) in [4.78, 5) is 4.35. The molecular formula is C15H10BrF2N3. The molecule has 1 aliphatic rings. The number of hydrogen-bond donors (Lipinski definition) is 1. The zero-order chi connectivity index (χ0) is 15.0. The third-order valence-electron chi connectivity index (χ3n) is 3.42. The first-order chi connectivity index (χ1) is 10.1. The molecule has 0 amide bonds. The van der Waals surface area contributed by atoms with Gasteiger partial charge in [-0.25, -0.2) is 13.8 Å². The largest absolute Gasteiger partial charge is 0.334 e. The normalized spacial score (nSPS) is 12.9. The highest BCUT2D eigenvalue weighted by molar-refractivity contribution is 9.10. The van der Waals surface area contributed by atoms with Crippen LogP contribution in [-0.4, -0.2) is 4.98 Å². The lowest BCUT2D eigenvalue weighted by atomic mass is 10.1. The van der Waals surface area contributed by atoms with Crippen LogP contribution >= 0.6 is 15.9 Å². The Kier molecular flexibility index (Phi) is 3.60. The number of nitrogens with zero attached hydrogens (tertiary/aromatic N) is 2. The van der Waals surface area contributed by atoms with Crippen molar-refractivity contribution in [3.05, 3.63) is 51.1 Å². The molecule has 0 spiro atoms. The van der Waals surface area contributed by atoms with Gasteiger partial charge in [-0.2, -0.15) is 5.26 Å². The standard InChI is InChI=1S/C15H10BrF2N3/c16-10-5-11(17)14(12(18)6-10)21-15-9(7-19)4-8-2-1-3-13(8)20-15/h4-6H,1-3H2,(H,20,21). The fraction of sp³-hybridized carbons (Fsp3) is 0.200. The summed E-state index contributed by atoms with van der Waals surface area (Å²) in [7, 11) is 0. The molecule has 1 heterocycles. The number of pyridine rings is 1. The number of halogens is 3. The smallest absolute Gasteiger partial charge is 0.150 e. The summed E-state index contributed by atoms with van der Waals surface area (Å²) in [6, 6.07) is 6.07. The maximum atomic E-state index is 13.9. The molecule has 106 valence electrons. The number of rotatable bonds is 2. The summed E-state index contributed by atoms with van der Waals surface area (Å²) in [5.74, 6) is -1.29. The Morgan fingerprint density at radius 2 is 1.90 bits per heavy atom. The predicted octanol–water partition coefficient (Wildman–Crippen LogP) is 4.23. The Balaban J connectivity index is 2.05. The van der Waals surface area contributed by atoms with Crippen LogP contribution in [0.5, 0.6) is 0 Å². The number of anilines is 2. The molecule has 21 heavy (non-hydrogen) atoms. The van der Waals surface area contributed by atoms with Gasteiger partial charge in [-0.15, -0.1) is 0 Å². The summed E-state index contributed by atoms with van der Waals surface area (Å²) in [6.07, 6.45) is 2.69. The van der Waals surface area contributed by atoms with E-state index in [1.54, 1.807) is 6.07 Å². The summed E-state index contributed by atoms with van der Waals surface area (Å²) in [5.41, 5.74) is 1.90. The molecular weight excluding hydrogens is 340 g/mol. The fourth-order valence-electron chi connectivity index (χ4n) is 2.43. The van der Waals surface area contributed by atoms with E-state index in [1.165, 1.54) is 0 Å². The average molecular weight is 350 g/mol. The SMILES string of the molecule is N#Cc1cc2c(nc1Nc1c(F)cc(Br)cc1F)CCC2. The third kappa shape index (κ3) is 2.61. The van der Waals surface area contributed by atoms with Crippen molar-refractivity contribution < 1.29 is 8.78 Å². The quantitative estimate of drug-likeness (QED) is 0.882. The highest BCUT2D eigenvalue weighted by atomic mass is 79.9. The van der Waals surface area contributed by atoms with E-state index in [0.29, 0.717) is 4.47 Å². The second-order valence-electron chi connectivity index (χ2n) is 4.83. The van der Waals surface area contributed by atoms with Gasteiger partial charge >= 0.3 is 0 Å². The van der Waals surface area contributed by atoms with E-state index in [-0.39, 0.29) is 17.1 Å². The Bertz CT molecular complexity index is 745. The lowest BCUT2D eigenvalue weighted by molar-refractivity contribution is 0.589. The van der Waals surface area contributed by atoms with Crippen LogP contribution < -0.4 is 5.32 Å². The predicted molar refractivity (Wildman–Crippen MR) is 78.3 cm³/mol. The summed E-state index contributed by atoms with van der Waals surface area (Å²) in [6.45, 7) is 0. The van der Waals surface area contributed by atoms with Crippen molar-refractivity contribution in [1.82, 2.24) is 4.98 Å². The first-order valence-electron chi connectivity index (χ1n) is 6.43. The van der Waals surface area contributed by atoms with E-state index in [1.807, 2.05) is 6.07 Å². The second kappa shape index (κ2) is 5.41. The molecule has 0 unspecified atom stereocenters. The Hall–Kier alpha value is -2.00. The lowest BCUT2D eigenvalue weighted by Gasteiger charge is -2.11. The minimum absolute atomic E-state index is 0.193. The number of aryl methyl sites for hydroxylation is 2. The van der Waals surface area contributed by atoms with Crippen LogP contribution in [0.25, 0.3) is 0 Å². The molecule has 0 saturated heterocycles. The van der Waals surface area contributed by atoms with Gasteiger partial charge in [-0.05, 0) is 43.0 Å². The first kappa shape index (κ1) is 14.0. The lowest BCUT2D eigenvalue weighted by Crippen LogP contribution is -2.04. The van der Waals surface area contributed by atoms with Gasteiger partial charge in [0.1, 0.15) is 17.6 Å². The van der Waals surface area contributed by atoms with Crippen molar-refractivity contribution in [3.63, 3.8) is 0 Å². The molecule has 2 aromatic rings. The molecule has 1 aromatic heterocycles. The van der Waals surface area contributed by atoms with Crippen LogP contribution in [0.4, 0.5) is 20.3 Å². The van der Waals surface area contributed by atoms with E-state index in [2.05, 4.69) is 26.2 Å². The van der Waals surface area contributed by atoms with Crippen LogP contribution in [0.3, 0.4) is 0 Å². The van der Waals surface area contributed by atoms with Gasteiger partial charge in [0.15, 0.2) is 11.6 Å². The molecule has 0 radical (unpaired) electrons. The van der Waals surface area contributed by atoms with Crippen molar-refractivity contribution in [2.45, 2.75) is 19.3 Å². The Morgan fingerprint density at radius 3 is 2.57 bits per heavy atom. The molecule has 0 saturated carbocycles. The summed E-state index contributed by atoms with van der Waals surface area (Å²) in [5, 5.41) is 11.8. The number of aromatic nitrogens is 1. The van der Waals surface area contributed by atoms with Crippen LogP contribution in [-0.2, 0) is 12.8 Å². The highest BCUT2D eigenvalue weighted by Crippen LogP contribution is 2.30. The maximum Gasteiger partial charge on any atom is 0.150 e. The van der Waals surface area contributed by atoms with Gasteiger partial charge in [0.2, 0.25) is 0 Å². The molecule has 1 N–H and O–H groups in total. The molecule has 0 aliphatic heterocycles. The molecule has 3 rings (SSSR count). The number of nitrogens with one attached hydrogen (secondary N) is 1. The topological polar surface area (TPSA) is 48.7 Å². The molecule has 1 aliphatic carbocycles. The number of benzene rings is 1. The zero-order valence-electron chi connectivity index (χ0n) is 10.9. The van der Waals surface area contributed by atoms with Crippen molar-refractivity contribution >= 4 is 27.4 Å². The molecule has 3 nitrogen and oxygen atoms in total. The van der Waals surface area contributed by atoms with Gasteiger partial charge in [-0.1, -0.05) is 15.9 Å². The van der Waals surface area contributed by atoms with Gasteiger partial charge in [0.05, 0.1) is 5.56 Å². The van der Waals surface area contributed by atoms with Gasteiger partial charge < -0.3 is 5.32 Å². The highest BCUT2D eigenvalue weighted by Gasteiger charge is 2.18. The first-order valence-corrected chi connectivity index (χ1v) is 7.22. The van der Waals surface area contributed by atoms with E-state index in [0.717, 1.165) is 42.7 Å². The third-order valence-corrected chi connectivity index (χ3v) is 3.88. The summed E-state index contributed by atoms with van der Waals surface area (Å²) >= 11 is 3.03. The molecule has 0 bridgehead atoms. The van der Waals surface area contributed by atoms with Gasteiger partial charge in [0.25, 0.3) is 0 Å². The molecule has 1 aromatic carbocycles. The van der Waals surface area contributed by atoms with Crippen LogP contribution in [0.15, 0.2) is 22.7 Å². The maximum absolute atomic E-state index is 13.9. The van der Waals surface area contributed by atoms with E-state index in [9.17, 15) is 14.0 Å². The van der Waals surface area contributed by atoms with Crippen LogP contribution in [0.2, 0.25) is 0 Å². The zero-order valence-corrected chi connectivity index (χ0v) is 12.5. The molecule has 0 fully saturated rings. The van der Waals surface area contributed by atoms with E-state index < -0.39 is 11.6 Å². The molecule has 6 heteroatoms. The summed E-state index contributed by atoms with van der Waals surface area (Å²) < 4.78 is 28.0. The number of nitriles is 1. The average Bonchev–Trinajstić information content (AvgIpc) is 2.88. The van der Waals surface area contributed by atoms with Crippen LogP contribution in [0, 0.1) is 23.0 Å². The molecule has 0 atom stereocenters. The van der Waals surface area contributed by atoms with Crippen LogP contribution in [0.1, 0.15) is 23.2 Å². The fourth-order valence-corrected chi connectivity index (χ4v) is 2.83. The van der Waals surface area contributed by atoms with Gasteiger partial charge in [-0.3, -0.25) is 0 Å². The van der Waals surface area contributed by atoms with Crippen molar-refractivity contribution in [2.75, 3.05) is 5.32 Å². The van der Waals surface area contributed by atoms with E-state index in [4.69, 9.17) is 0 Å². The second-order valence-corrected chi connectivity index (χ2v) is 5.74. The van der Waals surface area contributed by atoms with Crippen molar-refractivity contribution in [2.24, 2.45) is 0 Å². The minimum atomic E-state index is -0.743. The number of fused-ring (bicyclic) bond motifs is 1. The minimum Gasteiger partial charge on any atom is -0.334 e. The monoisotopic (exact) mass is 349 g/mol. The number of hydrogen-bond acceptors (Lipinski definition) is 3.